The molecule has 3 amide bonds. The van der Waals surface area contributed by atoms with E-state index in [2.05, 4.69) is 16.0 Å². The second-order valence-corrected chi connectivity index (χ2v) is 5.66. The zero-order valence-electron chi connectivity index (χ0n) is 15.0. The van der Waals surface area contributed by atoms with Crippen molar-refractivity contribution in [1.82, 2.24) is 5.32 Å². The summed E-state index contributed by atoms with van der Waals surface area (Å²) in [5, 5.41) is 7.36. The first-order valence-corrected chi connectivity index (χ1v) is 8.20. The van der Waals surface area contributed by atoms with E-state index in [0.717, 1.165) is 6.07 Å². The van der Waals surface area contributed by atoms with Crippen molar-refractivity contribution < 1.29 is 28.3 Å². The number of amides is 3. The minimum absolute atomic E-state index is 0.0598. The molecule has 0 aliphatic heterocycles. The van der Waals surface area contributed by atoms with Crippen molar-refractivity contribution in [3.8, 4) is 0 Å². The average Bonchev–Trinajstić information content (AvgIpc) is 2.64. The van der Waals surface area contributed by atoms with E-state index in [0.29, 0.717) is 11.4 Å². The zero-order valence-corrected chi connectivity index (χ0v) is 15.0. The molecule has 9 heteroatoms. The van der Waals surface area contributed by atoms with Crippen LogP contribution < -0.4 is 16.0 Å². The van der Waals surface area contributed by atoms with Crippen LogP contribution in [0.4, 0.5) is 15.8 Å². The number of anilines is 2. The highest BCUT2D eigenvalue weighted by Crippen LogP contribution is 2.14. The molecule has 0 aliphatic rings. The van der Waals surface area contributed by atoms with Crippen molar-refractivity contribution in [1.29, 1.82) is 0 Å². The van der Waals surface area contributed by atoms with Gasteiger partial charge in [-0.1, -0.05) is 12.1 Å². The number of halogens is 1. The summed E-state index contributed by atoms with van der Waals surface area (Å²) in [6, 6.07) is 11.4. The minimum atomic E-state index is -0.827. The van der Waals surface area contributed by atoms with Gasteiger partial charge in [0.25, 0.3) is 11.8 Å². The first-order valence-electron chi connectivity index (χ1n) is 8.20. The van der Waals surface area contributed by atoms with Crippen molar-refractivity contribution >= 4 is 35.1 Å². The van der Waals surface area contributed by atoms with Gasteiger partial charge in [0, 0.05) is 23.9 Å². The smallest absolute Gasteiger partial charge is 0.325 e. The van der Waals surface area contributed by atoms with Crippen LogP contribution in [0.5, 0.6) is 0 Å². The summed E-state index contributed by atoms with van der Waals surface area (Å²) in [7, 11) is 0. The molecule has 0 bridgehead atoms. The molecule has 0 aliphatic carbocycles. The molecule has 0 heterocycles. The topological polar surface area (TPSA) is 114 Å². The largest absolute Gasteiger partial charge is 0.454 e. The maximum Gasteiger partial charge on any atom is 0.325 e. The number of hydrogen-bond donors (Lipinski definition) is 3. The number of rotatable bonds is 7. The third-order valence-corrected chi connectivity index (χ3v) is 3.31. The van der Waals surface area contributed by atoms with Gasteiger partial charge in [0.05, 0.1) is 0 Å². The summed E-state index contributed by atoms with van der Waals surface area (Å²) in [4.78, 5) is 46.3. The van der Waals surface area contributed by atoms with Crippen molar-refractivity contribution in [3.63, 3.8) is 0 Å². The molecule has 0 unspecified atom stereocenters. The molecule has 0 aromatic heterocycles. The van der Waals surface area contributed by atoms with Crippen molar-refractivity contribution in [2.24, 2.45) is 0 Å². The van der Waals surface area contributed by atoms with Crippen LogP contribution in [0.1, 0.15) is 17.3 Å². The molecule has 0 fully saturated rings. The Hall–Kier alpha value is -3.75. The van der Waals surface area contributed by atoms with E-state index in [4.69, 9.17) is 4.74 Å². The maximum atomic E-state index is 13.1. The quantitative estimate of drug-likeness (QED) is 0.626. The van der Waals surface area contributed by atoms with Crippen LogP contribution in [0, 0.1) is 5.82 Å². The fourth-order valence-electron chi connectivity index (χ4n) is 2.16. The van der Waals surface area contributed by atoms with E-state index in [1.165, 1.54) is 25.1 Å². The summed E-state index contributed by atoms with van der Waals surface area (Å²) in [6.07, 6.45) is 0. The molecule has 146 valence electrons. The van der Waals surface area contributed by atoms with Gasteiger partial charge in [0.2, 0.25) is 5.91 Å². The molecular weight excluding hydrogens is 369 g/mol. The van der Waals surface area contributed by atoms with Gasteiger partial charge < -0.3 is 20.7 Å². The highest BCUT2D eigenvalue weighted by Gasteiger charge is 2.11. The first-order chi connectivity index (χ1) is 13.3. The molecule has 3 N–H and O–H groups in total. The Morgan fingerprint density at radius 2 is 1.64 bits per heavy atom. The van der Waals surface area contributed by atoms with Crippen LogP contribution >= 0.6 is 0 Å². The van der Waals surface area contributed by atoms with Gasteiger partial charge in [-0.3, -0.25) is 19.2 Å². The van der Waals surface area contributed by atoms with E-state index >= 15 is 0 Å². The van der Waals surface area contributed by atoms with Gasteiger partial charge in [0.1, 0.15) is 12.4 Å². The average molecular weight is 387 g/mol. The zero-order chi connectivity index (χ0) is 20.5. The van der Waals surface area contributed by atoms with E-state index in [9.17, 15) is 23.6 Å². The Labute approximate surface area is 160 Å². The molecule has 2 aromatic carbocycles. The van der Waals surface area contributed by atoms with Crippen molar-refractivity contribution in [2.75, 3.05) is 23.8 Å². The van der Waals surface area contributed by atoms with E-state index < -0.39 is 36.8 Å². The molecule has 0 saturated carbocycles. The van der Waals surface area contributed by atoms with Gasteiger partial charge in [-0.05, 0) is 36.4 Å². The standard InChI is InChI=1S/C19H18FN3O5/c1-12(24)22-15-6-3-7-16(9-15)23-17(25)11-28-18(26)10-21-19(27)13-4-2-5-14(20)8-13/h2-9H,10-11H2,1H3,(H,21,27)(H,22,24)(H,23,25). The molecule has 0 atom stereocenters. The lowest BCUT2D eigenvalue weighted by Crippen LogP contribution is -2.32. The number of benzene rings is 2. The maximum absolute atomic E-state index is 13.1. The van der Waals surface area contributed by atoms with E-state index in [-0.39, 0.29) is 11.5 Å². The van der Waals surface area contributed by atoms with Gasteiger partial charge in [-0.25, -0.2) is 4.39 Å². The molecule has 0 spiro atoms. The Balaban J connectivity index is 1.75. The summed E-state index contributed by atoms with van der Waals surface area (Å²) >= 11 is 0. The third kappa shape index (κ3) is 6.87. The van der Waals surface area contributed by atoms with Crippen LogP contribution in [0.3, 0.4) is 0 Å². The van der Waals surface area contributed by atoms with Crippen LogP contribution in [0.2, 0.25) is 0 Å². The highest BCUT2D eigenvalue weighted by molar-refractivity contribution is 5.97. The Morgan fingerprint density at radius 3 is 2.32 bits per heavy atom. The van der Waals surface area contributed by atoms with E-state index in [1.807, 2.05) is 0 Å². The first kappa shape index (κ1) is 20.6. The molecular formula is C19H18FN3O5. The van der Waals surface area contributed by atoms with Crippen molar-refractivity contribution in [2.45, 2.75) is 6.92 Å². The fourth-order valence-corrected chi connectivity index (χ4v) is 2.16. The molecule has 8 nitrogen and oxygen atoms in total. The number of hydrogen-bond acceptors (Lipinski definition) is 5. The van der Waals surface area contributed by atoms with Crippen LogP contribution in [0.15, 0.2) is 48.5 Å². The number of carbonyl (C=O) groups is 4. The van der Waals surface area contributed by atoms with Crippen LogP contribution in [0.25, 0.3) is 0 Å². The second-order valence-electron chi connectivity index (χ2n) is 5.66. The number of carbonyl (C=O) groups excluding carboxylic acids is 4. The SMILES string of the molecule is CC(=O)Nc1cccc(NC(=O)COC(=O)CNC(=O)c2cccc(F)c2)c1. The normalized spacial score (nSPS) is 9.93. The lowest BCUT2D eigenvalue weighted by atomic mass is 10.2. The predicted octanol–water partition coefficient (Wildman–Crippen LogP) is 1.70. The van der Waals surface area contributed by atoms with Gasteiger partial charge in [0.15, 0.2) is 6.61 Å². The Kier molecular flexibility index (Phi) is 7.21. The summed E-state index contributed by atoms with van der Waals surface area (Å²) < 4.78 is 17.8. The Bertz CT molecular complexity index is 901. The number of nitrogens with one attached hydrogen (secondary N) is 3. The second kappa shape index (κ2) is 9.81. The Morgan fingerprint density at radius 1 is 0.964 bits per heavy atom. The molecule has 28 heavy (non-hydrogen) atoms. The van der Waals surface area contributed by atoms with Gasteiger partial charge in [-0.15, -0.1) is 0 Å². The number of esters is 1. The van der Waals surface area contributed by atoms with Crippen LogP contribution in [-0.2, 0) is 19.1 Å². The molecule has 0 saturated heterocycles. The minimum Gasteiger partial charge on any atom is -0.454 e. The van der Waals surface area contributed by atoms with Gasteiger partial charge >= 0.3 is 5.97 Å². The third-order valence-electron chi connectivity index (χ3n) is 3.31. The van der Waals surface area contributed by atoms with E-state index in [1.54, 1.807) is 24.3 Å². The van der Waals surface area contributed by atoms with Gasteiger partial charge in [-0.2, -0.15) is 0 Å². The van der Waals surface area contributed by atoms with Crippen LogP contribution in [-0.4, -0.2) is 36.8 Å². The lowest BCUT2D eigenvalue weighted by molar-refractivity contribution is -0.146. The fraction of sp³-hybridized carbons (Fsp3) is 0.158. The lowest BCUT2D eigenvalue weighted by Gasteiger charge is -2.09. The molecule has 0 radical (unpaired) electrons. The summed E-state index contributed by atoms with van der Waals surface area (Å²) in [5.41, 5.74) is 0.971. The predicted molar refractivity (Wildman–Crippen MR) is 99.1 cm³/mol. The molecule has 2 aromatic rings. The number of ether oxygens (including phenoxy) is 1. The summed E-state index contributed by atoms with van der Waals surface area (Å²) in [5.74, 6) is -2.89. The van der Waals surface area contributed by atoms with Crippen molar-refractivity contribution in [3.05, 3.63) is 59.9 Å². The molecule has 2 rings (SSSR count). The highest BCUT2D eigenvalue weighted by atomic mass is 19.1. The monoisotopic (exact) mass is 387 g/mol. The summed E-state index contributed by atoms with van der Waals surface area (Å²) in [6.45, 7) is 0.331.